The lowest BCUT2D eigenvalue weighted by Crippen LogP contribution is -2.48. The first kappa shape index (κ1) is 29.4. The Kier molecular flexibility index (Phi) is 9.31. The summed E-state index contributed by atoms with van der Waals surface area (Å²) in [7, 11) is 1.56. The third-order valence-corrected chi connectivity index (χ3v) is 7.62. The van der Waals surface area contributed by atoms with Crippen LogP contribution in [-0.4, -0.2) is 60.1 Å². The zero-order chi connectivity index (χ0) is 29.6. The number of ether oxygens (including phenoxy) is 2. The highest BCUT2D eigenvalue weighted by Crippen LogP contribution is 2.32. The van der Waals surface area contributed by atoms with E-state index in [1.54, 1.807) is 49.6 Å². The standard InChI is InChI=1S/C31H32Cl2N6O3/c1-20(2)38-14-16-39(17-15-38)22-12-10-21(11-13-22)35-31-34-19-25(29(40)36-28-26(32)8-5-9-27(28)33)30(37-31)42-24-7-4-6-23(18-24)41-3/h4-13,18-20H,14-17H2,1-3H3,(H,36,40)(H,34,35,37). The number of amides is 1. The Balaban J connectivity index is 1.37. The Morgan fingerprint density at radius 2 is 1.60 bits per heavy atom. The molecule has 9 nitrogen and oxygen atoms in total. The number of hydrogen-bond acceptors (Lipinski definition) is 8. The summed E-state index contributed by atoms with van der Waals surface area (Å²) in [6.07, 6.45) is 1.40. The molecule has 1 fully saturated rings. The van der Waals surface area contributed by atoms with E-state index < -0.39 is 5.91 Å². The number of halogens is 2. The number of nitrogens with one attached hydrogen (secondary N) is 2. The van der Waals surface area contributed by atoms with Crippen molar-refractivity contribution in [3.8, 4) is 17.4 Å². The maximum absolute atomic E-state index is 13.3. The number of rotatable bonds is 9. The minimum Gasteiger partial charge on any atom is -0.497 e. The predicted molar refractivity (Wildman–Crippen MR) is 168 cm³/mol. The molecule has 1 amide bonds. The number of aromatic nitrogens is 2. The lowest BCUT2D eigenvalue weighted by molar-refractivity contribution is 0.102. The Hall–Kier alpha value is -4.05. The Morgan fingerprint density at radius 3 is 2.26 bits per heavy atom. The van der Waals surface area contributed by atoms with Crippen molar-refractivity contribution in [2.75, 3.05) is 48.8 Å². The number of benzene rings is 3. The lowest BCUT2D eigenvalue weighted by atomic mass is 10.2. The molecule has 2 heterocycles. The zero-order valence-electron chi connectivity index (χ0n) is 23.6. The Morgan fingerprint density at radius 1 is 0.929 bits per heavy atom. The van der Waals surface area contributed by atoms with Crippen LogP contribution < -0.4 is 25.0 Å². The van der Waals surface area contributed by atoms with Gasteiger partial charge in [-0.3, -0.25) is 9.69 Å². The van der Waals surface area contributed by atoms with Crippen LogP contribution in [0.5, 0.6) is 17.4 Å². The van der Waals surface area contributed by atoms with Crippen LogP contribution >= 0.6 is 23.2 Å². The second-order valence-electron chi connectivity index (χ2n) is 10.0. The fourth-order valence-electron chi connectivity index (χ4n) is 4.62. The molecular weight excluding hydrogens is 575 g/mol. The largest absolute Gasteiger partial charge is 0.497 e. The molecule has 1 aliphatic rings. The summed E-state index contributed by atoms with van der Waals surface area (Å²) in [4.78, 5) is 27.1. The highest BCUT2D eigenvalue weighted by atomic mass is 35.5. The van der Waals surface area contributed by atoms with Crippen molar-refractivity contribution in [3.05, 3.63) is 88.5 Å². The van der Waals surface area contributed by atoms with Gasteiger partial charge in [0.1, 0.15) is 17.1 Å². The average Bonchev–Trinajstić information content (AvgIpc) is 3.00. The van der Waals surface area contributed by atoms with Gasteiger partial charge in [0.25, 0.3) is 5.91 Å². The molecule has 0 radical (unpaired) electrons. The van der Waals surface area contributed by atoms with Crippen LogP contribution in [0.4, 0.5) is 23.0 Å². The second kappa shape index (κ2) is 13.3. The number of methoxy groups -OCH3 is 1. The molecule has 1 aromatic heterocycles. The van der Waals surface area contributed by atoms with Crippen LogP contribution in [0.2, 0.25) is 10.0 Å². The minimum absolute atomic E-state index is 0.0427. The van der Waals surface area contributed by atoms with Gasteiger partial charge in [-0.05, 0) is 62.4 Å². The molecule has 42 heavy (non-hydrogen) atoms. The van der Waals surface area contributed by atoms with E-state index in [-0.39, 0.29) is 23.1 Å². The molecule has 0 saturated carbocycles. The fraction of sp³-hybridized carbons (Fsp3) is 0.258. The molecule has 0 bridgehead atoms. The van der Waals surface area contributed by atoms with Crippen molar-refractivity contribution in [3.63, 3.8) is 0 Å². The number of piperazine rings is 1. The summed E-state index contributed by atoms with van der Waals surface area (Å²) >= 11 is 12.5. The first-order valence-corrected chi connectivity index (χ1v) is 14.4. The van der Waals surface area contributed by atoms with Gasteiger partial charge in [0, 0.05) is 55.9 Å². The van der Waals surface area contributed by atoms with Crippen molar-refractivity contribution >= 4 is 52.1 Å². The molecular formula is C31H32Cl2N6O3. The van der Waals surface area contributed by atoms with E-state index in [1.165, 1.54) is 6.20 Å². The maximum atomic E-state index is 13.3. The molecule has 5 rings (SSSR count). The highest BCUT2D eigenvalue weighted by Gasteiger charge is 2.21. The molecule has 0 aliphatic carbocycles. The number of anilines is 4. The normalized spacial score (nSPS) is 13.6. The van der Waals surface area contributed by atoms with Crippen LogP contribution in [0.1, 0.15) is 24.2 Å². The van der Waals surface area contributed by atoms with E-state index in [1.807, 2.05) is 12.1 Å². The van der Waals surface area contributed by atoms with Gasteiger partial charge in [-0.1, -0.05) is 35.3 Å². The summed E-state index contributed by atoms with van der Waals surface area (Å²) in [5.74, 6) is 0.807. The van der Waals surface area contributed by atoms with E-state index in [0.29, 0.717) is 27.6 Å². The minimum atomic E-state index is -0.531. The number of nitrogens with zero attached hydrogens (tertiary/aromatic N) is 4. The van der Waals surface area contributed by atoms with Crippen molar-refractivity contribution in [1.82, 2.24) is 14.9 Å². The predicted octanol–water partition coefficient (Wildman–Crippen LogP) is 7.11. The molecule has 2 N–H and O–H groups in total. The zero-order valence-corrected chi connectivity index (χ0v) is 25.1. The molecule has 1 saturated heterocycles. The van der Waals surface area contributed by atoms with Gasteiger partial charge in [0.2, 0.25) is 11.8 Å². The van der Waals surface area contributed by atoms with Gasteiger partial charge in [-0.2, -0.15) is 4.98 Å². The maximum Gasteiger partial charge on any atom is 0.262 e. The molecule has 11 heteroatoms. The van der Waals surface area contributed by atoms with E-state index in [2.05, 4.69) is 56.4 Å². The SMILES string of the molecule is COc1cccc(Oc2nc(Nc3ccc(N4CCN(C(C)C)CC4)cc3)ncc2C(=O)Nc2c(Cl)cccc2Cl)c1. The Labute approximate surface area is 255 Å². The number of hydrogen-bond donors (Lipinski definition) is 2. The topological polar surface area (TPSA) is 91.9 Å². The first-order valence-electron chi connectivity index (χ1n) is 13.6. The summed E-state index contributed by atoms with van der Waals surface area (Å²) in [6, 6.07) is 20.7. The van der Waals surface area contributed by atoms with Gasteiger partial charge < -0.3 is 25.0 Å². The van der Waals surface area contributed by atoms with Crippen molar-refractivity contribution in [2.45, 2.75) is 19.9 Å². The van der Waals surface area contributed by atoms with Gasteiger partial charge in [-0.25, -0.2) is 4.98 Å². The Bertz CT molecular complexity index is 1520. The number of carbonyl (C=O) groups is 1. The molecule has 0 spiro atoms. The second-order valence-corrected chi connectivity index (χ2v) is 10.8. The van der Waals surface area contributed by atoms with E-state index >= 15 is 0 Å². The third-order valence-electron chi connectivity index (χ3n) is 6.99. The van der Waals surface area contributed by atoms with Crippen LogP contribution in [0, 0.1) is 0 Å². The summed E-state index contributed by atoms with van der Waals surface area (Å²) in [5.41, 5.74) is 2.34. The van der Waals surface area contributed by atoms with Crippen LogP contribution in [0.15, 0.2) is 72.9 Å². The molecule has 3 aromatic carbocycles. The van der Waals surface area contributed by atoms with E-state index in [0.717, 1.165) is 37.6 Å². The third kappa shape index (κ3) is 7.05. The highest BCUT2D eigenvalue weighted by molar-refractivity contribution is 6.40. The van der Waals surface area contributed by atoms with E-state index in [4.69, 9.17) is 32.7 Å². The summed E-state index contributed by atoms with van der Waals surface area (Å²) in [5, 5.41) is 6.56. The fourth-order valence-corrected chi connectivity index (χ4v) is 5.11. The summed E-state index contributed by atoms with van der Waals surface area (Å²) < 4.78 is 11.4. The molecule has 4 aromatic rings. The molecule has 1 aliphatic heterocycles. The van der Waals surface area contributed by atoms with Crippen molar-refractivity contribution in [2.24, 2.45) is 0 Å². The van der Waals surface area contributed by atoms with Crippen molar-refractivity contribution < 1.29 is 14.3 Å². The van der Waals surface area contributed by atoms with Gasteiger partial charge in [0.05, 0.1) is 22.8 Å². The van der Waals surface area contributed by atoms with Crippen molar-refractivity contribution in [1.29, 1.82) is 0 Å². The van der Waals surface area contributed by atoms with Crippen LogP contribution in [0.3, 0.4) is 0 Å². The van der Waals surface area contributed by atoms with E-state index in [9.17, 15) is 4.79 Å². The monoisotopic (exact) mass is 606 g/mol. The quantitative estimate of drug-likeness (QED) is 0.208. The van der Waals surface area contributed by atoms with Crippen LogP contribution in [0.25, 0.3) is 0 Å². The number of carbonyl (C=O) groups excluding carboxylic acids is 1. The average molecular weight is 608 g/mol. The lowest BCUT2D eigenvalue weighted by Gasteiger charge is -2.38. The van der Waals surface area contributed by atoms with Gasteiger partial charge in [-0.15, -0.1) is 0 Å². The van der Waals surface area contributed by atoms with Gasteiger partial charge in [0.15, 0.2) is 0 Å². The smallest absolute Gasteiger partial charge is 0.262 e. The molecule has 0 atom stereocenters. The number of para-hydroxylation sites is 1. The molecule has 0 unspecified atom stereocenters. The molecule has 218 valence electrons. The first-order chi connectivity index (χ1) is 20.3. The van der Waals surface area contributed by atoms with Gasteiger partial charge >= 0.3 is 0 Å². The van der Waals surface area contributed by atoms with Crippen LogP contribution in [-0.2, 0) is 0 Å². The summed E-state index contributed by atoms with van der Waals surface area (Å²) in [6.45, 7) is 8.54.